The van der Waals surface area contributed by atoms with Crippen LogP contribution in [0.1, 0.15) is 115 Å². The average Bonchev–Trinajstić information content (AvgIpc) is 3.02. The van der Waals surface area contributed by atoms with Gasteiger partial charge >= 0.3 is 0 Å². The monoisotopic (exact) mass is 637 g/mol. The predicted octanol–water partition coefficient (Wildman–Crippen LogP) is 7.86. The zero-order valence-electron chi connectivity index (χ0n) is 28.2. The molecule has 45 heavy (non-hydrogen) atoms. The summed E-state index contributed by atoms with van der Waals surface area (Å²) >= 11 is 5.92. The van der Waals surface area contributed by atoms with E-state index < -0.39 is 6.04 Å². The van der Waals surface area contributed by atoms with Gasteiger partial charge in [0.2, 0.25) is 18.2 Å². The number of benzene rings is 2. The van der Waals surface area contributed by atoms with Gasteiger partial charge < -0.3 is 15.5 Å². The van der Waals surface area contributed by atoms with Crippen molar-refractivity contribution in [3.8, 4) is 0 Å². The van der Waals surface area contributed by atoms with E-state index in [0.29, 0.717) is 17.9 Å². The Hall–Kier alpha value is -2.86. The Kier molecular flexibility index (Phi) is 14.9. The normalized spacial score (nSPS) is 19.4. The van der Waals surface area contributed by atoms with Crippen molar-refractivity contribution in [3.05, 3.63) is 70.2 Å². The van der Waals surface area contributed by atoms with Crippen molar-refractivity contribution in [1.29, 1.82) is 0 Å². The summed E-state index contributed by atoms with van der Waals surface area (Å²) in [5.41, 5.74) is 4.08. The molecule has 0 aromatic heterocycles. The molecule has 3 aliphatic rings. The van der Waals surface area contributed by atoms with Gasteiger partial charge in [-0.3, -0.25) is 14.4 Å². The van der Waals surface area contributed by atoms with Crippen LogP contribution >= 0.6 is 11.6 Å². The van der Waals surface area contributed by atoms with E-state index in [1.165, 1.54) is 58.3 Å². The van der Waals surface area contributed by atoms with Crippen molar-refractivity contribution in [1.82, 2.24) is 15.5 Å². The highest BCUT2D eigenvalue weighted by molar-refractivity contribution is 6.30. The second-order valence-electron chi connectivity index (χ2n) is 14.2. The SMILES string of the molecule is CC(=O)NC(C)(C)C.CC1CCCc2ccccc21.O=CN[C@H](Cc1ccc(Cl)cc1)C(=O)N1CCC(C2CCCCC2)CC1. The van der Waals surface area contributed by atoms with Crippen LogP contribution in [0.4, 0.5) is 0 Å². The first-order valence-corrected chi connectivity index (χ1v) is 17.4. The molecule has 1 unspecified atom stereocenters. The molecule has 7 heteroatoms. The maximum Gasteiger partial charge on any atom is 0.245 e. The first-order chi connectivity index (χ1) is 21.5. The molecule has 2 atom stereocenters. The molecule has 2 fully saturated rings. The fourth-order valence-electron chi connectivity index (χ4n) is 7.10. The molecule has 1 saturated heterocycles. The van der Waals surface area contributed by atoms with E-state index in [1.807, 2.05) is 49.9 Å². The van der Waals surface area contributed by atoms with Crippen LogP contribution in [-0.4, -0.2) is 47.8 Å². The van der Waals surface area contributed by atoms with E-state index in [0.717, 1.165) is 49.2 Å². The third kappa shape index (κ3) is 12.8. The first kappa shape index (κ1) is 36.6. The fourth-order valence-corrected chi connectivity index (χ4v) is 7.22. The lowest BCUT2D eigenvalue weighted by Crippen LogP contribution is -2.50. The minimum atomic E-state index is -0.500. The summed E-state index contributed by atoms with van der Waals surface area (Å²) in [6, 6.07) is 15.8. The van der Waals surface area contributed by atoms with Crippen LogP contribution < -0.4 is 10.6 Å². The summed E-state index contributed by atoms with van der Waals surface area (Å²) < 4.78 is 0. The summed E-state index contributed by atoms with van der Waals surface area (Å²) in [5.74, 6) is 2.48. The number of halogens is 1. The molecule has 248 valence electrons. The number of nitrogens with one attached hydrogen (secondary N) is 2. The van der Waals surface area contributed by atoms with E-state index in [-0.39, 0.29) is 17.4 Å². The molecule has 0 bridgehead atoms. The topological polar surface area (TPSA) is 78.5 Å². The number of carbonyl (C=O) groups excluding carboxylic acids is 3. The lowest BCUT2D eigenvalue weighted by atomic mass is 9.76. The van der Waals surface area contributed by atoms with Crippen molar-refractivity contribution < 1.29 is 14.4 Å². The fraction of sp³-hybridized carbons (Fsp3) is 0.605. The average molecular weight is 638 g/mol. The predicted molar refractivity (Wildman–Crippen MR) is 185 cm³/mol. The first-order valence-electron chi connectivity index (χ1n) is 17.1. The second-order valence-corrected chi connectivity index (χ2v) is 14.6. The minimum Gasteiger partial charge on any atom is -0.352 e. The van der Waals surface area contributed by atoms with Gasteiger partial charge in [-0.2, -0.15) is 0 Å². The highest BCUT2D eigenvalue weighted by Crippen LogP contribution is 2.35. The molecular weight excluding hydrogens is 582 g/mol. The summed E-state index contributed by atoms with van der Waals surface area (Å²) in [6.45, 7) is 11.3. The van der Waals surface area contributed by atoms with E-state index in [2.05, 4.69) is 41.8 Å². The van der Waals surface area contributed by atoms with E-state index in [1.54, 1.807) is 11.1 Å². The van der Waals surface area contributed by atoms with Crippen LogP contribution in [0.3, 0.4) is 0 Å². The largest absolute Gasteiger partial charge is 0.352 e. The maximum absolute atomic E-state index is 12.9. The van der Waals surface area contributed by atoms with Gasteiger partial charge in [-0.25, -0.2) is 0 Å². The molecule has 0 spiro atoms. The number of aryl methyl sites for hydroxylation is 1. The summed E-state index contributed by atoms with van der Waals surface area (Å²) in [7, 11) is 0. The van der Waals surface area contributed by atoms with Gasteiger partial charge in [-0.05, 0) is 99.5 Å². The van der Waals surface area contributed by atoms with Gasteiger partial charge in [0, 0.05) is 37.0 Å². The zero-order chi connectivity index (χ0) is 32.8. The van der Waals surface area contributed by atoms with Gasteiger partial charge in [-0.1, -0.05) is 87.0 Å². The van der Waals surface area contributed by atoms with Crippen LogP contribution in [0, 0.1) is 11.8 Å². The molecule has 0 radical (unpaired) electrons. The number of carbonyl (C=O) groups is 3. The molecule has 2 aromatic rings. The van der Waals surface area contributed by atoms with Crippen molar-refractivity contribution in [2.45, 2.75) is 123 Å². The van der Waals surface area contributed by atoms with Gasteiger partial charge in [-0.15, -0.1) is 0 Å². The zero-order valence-corrected chi connectivity index (χ0v) is 29.0. The lowest BCUT2D eigenvalue weighted by molar-refractivity contribution is -0.136. The number of hydrogen-bond acceptors (Lipinski definition) is 3. The molecule has 2 N–H and O–H groups in total. The number of piperidine rings is 1. The number of likely N-dealkylation sites (tertiary alicyclic amines) is 1. The van der Waals surface area contributed by atoms with Crippen LogP contribution in [-0.2, 0) is 27.2 Å². The highest BCUT2D eigenvalue weighted by Gasteiger charge is 2.31. The van der Waals surface area contributed by atoms with Crippen LogP contribution in [0.15, 0.2) is 48.5 Å². The molecule has 6 nitrogen and oxygen atoms in total. The van der Waals surface area contributed by atoms with Gasteiger partial charge in [0.25, 0.3) is 0 Å². The van der Waals surface area contributed by atoms with Gasteiger partial charge in [0.15, 0.2) is 0 Å². The molecule has 1 heterocycles. The Bertz CT molecular complexity index is 1200. The van der Waals surface area contributed by atoms with Crippen molar-refractivity contribution in [2.24, 2.45) is 11.8 Å². The van der Waals surface area contributed by atoms with E-state index in [9.17, 15) is 14.4 Å². The maximum atomic E-state index is 12.9. The van der Waals surface area contributed by atoms with Crippen molar-refractivity contribution in [2.75, 3.05) is 13.1 Å². The molecule has 1 saturated carbocycles. The Morgan fingerprint density at radius 1 is 0.911 bits per heavy atom. The Balaban J connectivity index is 0.000000237. The van der Waals surface area contributed by atoms with E-state index >= 15 is 0 Å². The van der Waals surface area contributed by atoms with E-state index in [4.69, 9.17) is 11.6 Å². The highest BCUT2D eigenvalue weighted by atomic mass is 35.5. The van der Waals surface area contributed by atoms with Crippen LogP contribution in [0.5, 0.6) is 0 Å². The lowest BCUT2D eigenvalue weighted by Gasteiger charge is -2.38. The quantitative estimate of drug-likeness (QED) is 0.317. The molecule has 2 aromatic carbocycles. The number of hydrogen-bond donors (Lipinski definition) is 2. The summed E-state index contributed by atoms with van der Waals surface area (Å²) in [5, 5.41) is 6.13. The number of amides is 3. The van der Waals surface area contributed by atoms with Crippen molar-refractivity contribution >= 4 is 29.8 Å². The van der Waals surface area contributed by atoms with Crippen LogP contribution in [0.2, 0.25) is 5.02 Å². The smallest absolute Gasteiger partial charge is 0.245 e. The molecule has 5 rings (SSSR count). The number of nitrogens with zero attached hydrogens (tertiary/aromatic N) is 1. The van der Waals surface area contributed by atoms with Crippen LogP contribution in [0.25, 0.3) is 0 Å². The Morgan fingerprint density at radius 2 is 1.53 bits per heavy atom. The van der Waals surface area contributed by atoms with Gasteiger partial charge in [0.05, 0.1) is 0 Å². The minimum absolute atomic E-state index is 0.0255. The second kappa shape index (κ2) is 18.3. The number of fused-ring (bicyclic) bond motifs is 1. The molecule has 1 aliphatic heterocycles. The standard InChI is InChI=1S/C21H29ClN2O2.C11H14.C6H13NO/c22-19-8-6-16(7-9-19)14-20(23-15-25)21(26)24-12-10-18(11-13-24)17-4-2-1-3-5-17;1-9-5-4-7-10-6-2-3-8-11(9)10;1-5(8)7-6(2,3)4/h6-9,15,17-18,20H,1-5,10-14H2,(H,23,25);2-3,6,8-9H,4-5,7H2,1H3;1-4H3,(H,7,8)/t20-;;/m1../s1. The third-order valence-electron chi connectivity index (χ3n) is 9.31. The molecule has 2 aliphatic carbocycles. The molecule has 3 amide bonds. The summed E-state index contributed by atoms with van der Waals surface area (Å²) in [6.07, 6.45) is 14.2. The Morgan fingerprint density at radius 3 is 2.09 bits per heavy atom. The van der Waals surface area contributed by atoms with Crippen molar-refractivity contribution in [3.63, 3.8) is 0 Å². The molecular formula is C38H56ClN3O3. The Labute approximate surface area is 277 Å². The summed E-state index contributed by atoms with van der Waals surface area (Å²) in [4.78, 5) is 36.2. The third-order valence-corrected chi connectivity index (χ3v) is 9.56. The number of rotatable bonds is 6. The van der Waals surface area contributed by atoms with Gasteiger partial charge in [0.1, 0.15) is 6.04 Å².